The van der Waals surface area contributed by atoms with Gasteiger partial charge in [-0.05, 0) is 38.0 Å². The van der Waals surface area contributed by atoms with Gasteiger partial charge in [-0.25, -0.2) is 14.6 Å². The number of urea groups is 1. The topological polar surface area (TPSA) is 82.0 Å². The van der Waals surface area contributed by atoms with Crippen LogP contribution < -0.4 is 5.32 Å². The molecule has 0 aromatic heterocycles. The van der Waals surface area contributed by atoms with Crippen LogP contribution >= 0.6 is 0 Å². The van der Waals surface area contributed by atoms with Gasteiger partial charge in [0.25, 0.3) is 0 Å². The molecule has 0 aromatic carbocycles. The van der Waals surface area contributed by atoms with Gasteiger partial charge in [-0.1, -0.05) is 6.42 Å². The maximum absolute atomic E-state index is 11.9. The van der Waals surface area contributed by atoms with E-state index in [0.717, 1.165) is 25.7 Å². The van der Waals surface area contributed by atoms with E-state index >= 15 is 0 Å². The minimum atomic E-state index is -0.116. The lowest BCUT2D eigenvalue weighted by molar-refractivity contribution is 0.176. The first-order valence-corrected chi connectivity index (χ1v) is 7.38. The van der Waals surface area contributed by atoms with Gasteiger partial charge in [-0.3, -0.25) is 0 Å². The van der Waals surface area contributed by atoms with E-state index in [4.69, 9.17) is 5.11 Å². The fourth-order valence-corrected chi connectivity index (χ4v) is 2.79. The third-order valence-electron chi connectivity index (χ3n) is 3.89. The van der Waals surface area contributed by atoms with Crippen molar-refractivity contribution in [3.8, 4) is 0 Å². The first-order valence-electron chi connectivity index (χ1n) is 7.38. The van der Waals surface area contributed by atoms with Gasteiger partial charge in [0, 0.05) is 19.6 Å². The van der Waals surface area contributed by atoms with Crippen LogP contribution in [0.2, 0.25) is 0 Å². The molecule has 0 spiro atoms. The zero-order valence-corrected chi connectivity index (χ0v) is 12.2. The fraction of sp³-hybridized carbons (Fsp3) is 0.857. The monoisotopic (exact) mass is 283 g/mol. The molecule has 0 heterocycles. The highest BCUT2D eigenvalue weighted by Crippen LogP contribution is 2.28. The van der Waals surface area contributed by atoms with E-state index < -0.39 is 0 Å². The lowest BCUT2D eigenvalue weighted by Crippen LogP contribution is -2.43. The Kier molecular flexibility index (Phi) is 7.92. The number of amides is 2. The van der Waals surface area contributed by atoms with Crippen LogP contribution in [0, 0.1) is 11.8 Å². The summed E-state index contributed by atoms with van der Waals surface area (Å²) >= 11 is 0. The predicted molar refractivity (Wildman–Crippen MR) is 76.2 cm³/mol. The van der Waals surface area contributed by atoms with Gasteiger partial charge >= 0.3 is 6.03 Å². The quantitative estimate of drug-likeness (QED) is 0.543. The van der Waals surface area contributed by atoms with Crippen molar-refractivity contribution in [2.45, 2.75) is 32.6 Å². The van der Waals surface area contributed by atoms with Crippen LogP contribution in [0.1, 0.15) is 32.6 Å². The number of carbonyl (C=O) groups is 1. The van der Waals surface area contributed by atoms with Gasteiger partial charge in [-0.2, -0.15) is 0 Å². The zero-order valence-electron chi connectivity index (χ0n) is 12.2. The minimum Gasteiger partial charge on any atom is -0.395 e. The first kappa shape index (κ1) is 16.7. The molecule has 1 aliphatic carbocycles. The summed E-state index contributed by atoms with van der Waals surface area (Å²) in [7, 11) is 0. The number of likely N-dealkylation sites (N-methyl/N-ethyl adjacent to an activating group) is 1. The molecule has 2 amide bonds. The maximum atomic E-state index is 11.9. The zero-order chi connectivity index (χ0) is 14.8. The third kappa shape index (κ3) is 5.72. The van der Waals surface area contributed by atoms with Crippen LogP contribution in [0.4, 0.5) is 4.79 Å². The van der Waals surface area contributed by atoms with Crippen molar-refractivity contribution < 1.29 is 14.7 Å². The van der Waals surface area contributed by atoms with Crippen molar-refractivity contribution >= 4 is 12.1 Å². The average Bonchev–Trinajstić information content (AvgIpc) is 2.48. The van der Waals surface area contributed by atoms with E-state index in [1.807, 2.05) is 6.92 Å². The van der Waals surface area contributed by atoms with E-state index in [1.54, 1.807) is 11.0 Å². The lowest BCUT2D eigenvalue weighted by atomic mass is 9.81. The number of isocyanates is 1. The second-order valence-electron chi connectivity index (χ2n) is 5.32. The van der Waals surface area contributed by atoms with Crippen molar-refractivity contribution in [2.24, 2.45) is 16.8 Å². The molecule has 114 valence electrons. The maximum Gasteiger partial charge on any atom is 0.317 e. The Morgan fingerprint density at radius 1 is 1.45 bits per heavy atom. The summed E-state index contributed by atoms with van der Waals surface area (Å²) in [6, 6.07) is -0.116. The van der Waals surface area contributed by atoms with E-state index in [2.05, 4.69) is 10.3 Å². The molecule has 0 aromatic rings. The Bertz CT molecular complexity index is 343. The molecule has 1 aliphatic rings. The van der Waals surface area contributed by atoms with Crippen LogP contribution in [0.25, 0.3) is 0 Å². The summed E-state index contributed by atoms with van der Waals surface area (Å²) in [5, 5.41) is 11.8. The third-order valence-corrected chi connectivity index (χ3v) is 3.89. The normalized spacial score (nSPS) is 21.9. The molecule has 1 rings (SSSR count). The molecular weight excluding hydrogens is 258 g/mol. The van der Waals surface area contributed by atoms with Crippen molar-refractivity contribution in [3.63, 3.8) is 0 Å². The largest absolute Gasteiger partial charge is 0.395 e. The molecule has 0 bridgehead atoms. The van der Waals surface area contributed by atoms with Crippen LogP contribution in [-0.4, -0.2) is 54.9 Å². The standard InChI is InChI=1S/C14H25N3O3/c1-2-17(6-7-18)14(20)16-10-13-5-3-4-12(8-13)9-15-11-19/h12-13,18H,2-10H2,1H3,(H,16,20). The number of aliphatic imine (C=N–C) groups is 1. The summed E-state index contributed by atoms with van der Waals surface area (Å²) in [5.74, 6) is 0.888. The smallest absolute Gasteiger partial charge is 0.317 e. The molecule has 2 atom stereocenters. The van der Waals surface area contributed by atoms with Crippen molar-refractivity contribution in [2.75, 3.05) is 32.8 Å². The van der Waals surface area contributed by atoms with Crippen LogP contribution in [0.3, 0.4) is 0 Å². The van der Waals surface area contributed by atoms with Gasteiger partial charge < -0.3 is 15.3 Å². The molecule has 0 aliphatic heterocycles. The van der Waals surface area contributed by atoms with Gasteiger partial charge in [0.05, 0.1) is 13.2 Å². The fourth-order valence-electron chi connectivity index (χ4n) is 2.79. The van der Waals surface area contributed by atoms with Crippen LogP contribution in [-0.2, 0) is 4.79 Å². The molecule has 2 unspecified atom stereocenters. The van der Waals surface area contributed by atoms with Crippen molar-refractivity contribution in [3.05, 3.63) is 0 Å². The Morgan fingerprint density at radius 3 is 2.85 bits per heavy atom. The number of nitrogens with one attached hydrogen (secondary N) is 1. The summed E-state index contributed by atoms with van der Waals surface area (Å²) in [6.45, 7) is 4.04. The molecule has 20 heavy (non-hydrogen) atoms. The van der Waals surface area contributed by atoms with Gasteiger partial charge in [0.2, 0.25) is 6.08 Å². The lowest BCUT2D eigenvalue weighted by Gasteiger charge is -2.29. The highest BCUT2D eigenvalue weighted by molar-refractivity contribution is 5.74. The number of aliphatic hydroxyl groups excluding tert-OH is 1. The Balaban J connectivity index is 2.33. The van der Waals surface area contributed by atoms with Gasteiger partial charge in [-0.15, -0.1) is 0 Å². The molecule has 6 nitrogen and oxygen atoms in total. The Morgan fingerprint density at radius 2 is 2.20 bits per heavy atom. The first-order chi connectivity index (χ1) is 9.71. The molecule has 0 saturated heterocycles. The molecule has 1 fully saturated rings. The Hall–Kier alpha value is -1.39. The molecular formula is C14H25N3O3. The minimum absolute atomic E-state index is 0.0174. The molecule has 6 heteroatoms. The summed E-state index contributed by atoms with van der Waals surface area (Å²) in [6.07, 6.45) is 5.91. The number of hydrogen-bond acceptors (Lipinski definition) is 4. The molecule has 2 N–H and O–H groups in total. The van der Waals surface area contributed by atoms with E-state index in [-0.39, 0.29) is 12.6 Å². The van der Waals surface area contributed by atoms with Gasteiger partial charge in [0.1, 0.15) is 0 Å². The van der Waals surface area contributed by atoms with Crippen molar-refractivity contribution in [1.29, 1.82) is 0 Å². The number of aliphatic hydroxyl groups is 1. The number of carbonyl (C=O) groups excluding carboxylic acids is 2. The molecule has 1 saturated carbocycles. The van der Waals surface area contributed by atoms with E-state index in [0.29, 0.717) is 38.0 Å². The van der Waals surface area contributed by atoms with E-state index in [1.165, 1.54) is 0 Å². The highest BCUT2D eigenvalue weighted by atomic mass is 16.3. The number of hydrogen-bond donors (Lipinski definition) is 2. The van der Waals surface area contributed by atoms with E-state index in [9.17, 15) is 9.59 Å². The summed E-state index contributed by atoms with van der Waals surface area (Å²) in [5.41, 5.74) is 0. The molecule has 0 radical (unpaired) electrons. The number of rotatable bonds is 7. The van der Waals surface area contributed by atoms with Crippen LogP contribution in [0.15, 0.2) is 4.99 Å². The number of nitrogens with zero attached hydrogens (tertiary/aromatic N) is 2. The SMILES string of the molecule is CCN(CCO)C(=O)NCC1CCCC(CN=C=O)C1. The van der Waals surface area contributed by atoms with Gasteiger partial charge in [0.15, 0.2) is 0 Å². The Labute approximate surface area is 120 Å². The highest BCUT2D eigenvalue weighted by Gasteiger charge is 2.22. The summed E-state index contributed by atoms with van der Waals surface area (Å²) < 4.78 is 0. The average molecular weight is 283 g/mol. The summed E-state index contributed by atoms with van der Waals surface area (Å²) in [4.78, 5) is 27.3. The van der Waals surface area contributed by atoms with Crippen molar-refractivity contribution in [1.82, 2.24) is 10.2 Å². The second kappa shape index (κ2) is 9.50. The van der Waals surface area contributed by atoms with Crippen LogP contribution in [0.5, 0.6) is 0 Å². The predicted octanol–water partition coefficient (Wildman–Crippen LogP) is 1.15. The second-order valence-corrected chi connectivity index (χ2v) is 5.32.